The second kappa shape index (κ2) is 5.58. The number of carboxylic acids is 1. The first kappa shape index (κ1) is 13.7. The summed E-state index contributed by atoms with van der Waals surface area (Å²) in [5.41, 5.74) is 5.58. The summed E-state index contributed by atoms with van der Waals surface area (Å²) < 4.78 is 4.50. The quantitative estimate of drug-likeness (QED) is 0.698. The Morgan fingerprint density at radius 3 is 2.50 bits per heavy atom. The van der Waals surface area contributed by atoms with Gasteiger partial charge >= 0.3 is 5.97 Å². The first-order valence-corrected chi connectivity index (χ1v) is 5.34. The van der Waals surface area contributed by atoms with Gasteiger partial charge in [-0.2, -0.15) is 0 Å². The molecule has 1 unspecified atom stereocenters. The molecule has 0 amide bonds. The Morgan fingerprint density at radius 2 is 2.14 bits per heavy atom. The Labute approximate surface area is 89.2 Å². The van der Waals surface area contributed by atoms with E-state index in [0.29, 0.717) is 6.61 Å². The van der Waals surface area contributed by atoms with Gasteiger partial charge in [-0.1, -0.05) is 6.92 Å². The van der Waals surface area contributed by atoms with Gasteiger partial charge in [0, 0.05) is 17.1 Å². The minimum atomic E-state index is -0.966. The van der Waals surface area contributed by atoms with Crippen LogP contribution in [0.3, 0.4) is 0 Å². The van der Waals surface area contributed by atoms with Crippen LogP contribution in [0.1, 0.15) is 20.8 Å². The van der Waals surface area contributed by atoms with Crippen molar-refractivity contribution in [2.45, 2.75) is 36.8 Å². The minimum Gasteiger partial charge on any atom is -0.480 e. The molecule has 0 heterocycles. The molecule has 0 bridgehead atoms. The van der Waals surface area contributed by atoms with Crippen molar-refractivity contribution in [3.8, 4) is 0 Å². The van der Waals surface area contributed by atoms with Crippen LogP contribution < -0.4 is 5.73 Å². The topological polar surface area (TPSA) is 72.5 Å². The predicted octanol–water partition coefficient (Wildman–Crippen LogP) is 0.945. The first-order chi connectivity index (χ1) is 6.31. The smallest absolute Gasteiger partial charge is 0.321 e. The van der Waals surface area contributed by atoms with E-state index in [4.69, 9.17) is 15.6 Å². The lowest BCUT2D eigenvalue weighted by molar-refractivity contribution is -0.139. The number of aliphatic carboxylic acids is 1. The summed E-state index contributed by atoms with van der Waals surface area (Å²) in [5.74, 6) is -0.966. The summed E-state index contributed by atoms with van der Waals surface area (Å²) >= 11 is 1.53. The standard InChI is InChI=1S/C9H19NO3S/c1-6(5-13-4)14-9(2,3)7(10)8(11)12/h6-7H,5,10H2,1-4H3,(H,11,12)/t6?,7-/m1/s1. The van der Waals surface area contributed by atoms with E-state index in [2.05, 4.69) is 0 Å². The lowest BCUT2D eigenvalue weighted by atomic mass is 10.1. The molecule has 0 aliphatic heterocycles. The third-order valence-corrected chi connectivity index (χ3v) is 3.32. The van der Waals surface area contributed by atoms with Crippen LogP contribution in [0.2, 0.25) is 0 Å². The van der Waals surface area contributed by atoms with E-state index in [0.717, 1.165) is 0 Å². The zero-order chi connectivity index (χ0) is 11.4. The highest BCUT2D eigenvalue weighted by Gasteiger charge is 2.33. The van der Waals surface area contributed by atoms with Crippen molar-refractivity contribution in [1.29, 1.82) is 0 Å². The third kappa shape index (κ3) is 4.30. The fourth-order valence-corrected chi connectivity index (χ4v) is 2.65. The van der Waals surface area contributed by atoms with Crippen LogP contribution in [0.15, 0.2) is 0 Å². The van der Waals surface area contributed by atoms with E-state index in [9.17, 15) is 4.79 Å². The Morgan fingerprint density at radius 1 is 1.64 bits per heavy atom. The Bertz CT molecular complexity index is 196. The van der Waals surface area contributed by atoms with Crippen molar-refractivity contribution in [3.63, 3.8) is 0 Å². The van der Waals surface area contributed by atoms with Gasteiger partial charge < -0.3 is 15.6 Å². The van der Waals surface area contributed by atoms with Crippen molar-refractivity contribution >= 4 is 17.7 Å². The molecule has 0 saturated heterocycles. The summed E-state index contributed by atoms with van der Waals surface area (Å²) in [7, 11) is 1.63. The molecule has 84 valence electrons. The molecule has 0 aromatic heterocycles. The molecule has 2 atom stereocenters. The van der Waals surface area contributed by atoms with Crippen LogP contribution in [0, 0.1) is 0 Å². The number of methoxy groups -OCH3 is 1. The van der Waals surface area contributed by atoms with Gasteiger partial charge in [-0.25, -0.2) is 0 Å². The predicted molar refractivity (Wildman–Crippen MR) is 58.6 cm³/mol. The molecule has 4 nitrogen and oxygen atoms in total. The largest absolute Gasteiger partial charge is 0.480 e. The average molecular weight is 221 g/mol. The van der Waals surface area contributed by atoms with E-state index < -0.39 is 16.8 Å². The first-order valence-electron chi connectivity index (χ1n) is 4.46. The van der Waals surface area contributed by atoms with Gasteiger partial charge in [-0.3, -0.25) is 4.79 Å². The van der Waals surface area contributed by atoms with Crippen LogP contribution in [0.5, 0.6) is 0 Å². The highest BCUT2D eigenvalue weighted by Crippen LogP contribution is 2.31. The number of ether oxygens (including phenoxy) is 1. The highest BCUT2D eigenvalue weighted by molar-refractivity contribution is 8.01. The third-order valence-electron chi connectivity index (χ3n) is 1.92. The fourth-order valence-electron chi connectivity index (χ4n) is 1.16. The van der Waals surface area contributed by atoms with Crippen LogP contribution in [-0.4, -0.2) is 40.8 Å². The van der Waals surface area contributed by atoms with Crippen LogP contribution in [-0.2, 0) is 9.53 Å². The Balaban J connectivity index is 4.25. The normalized spacial score (nSPS) is 16.4. The lowest BCUT2D eigenvalue weighted by Gasteiger charge is -2.30. The molecule has 3 N–H and O–H groups in total. The summed E-state index contributed by atoms with van der Waals surface area (Å²) in [5, 5.41) is 9.03. The molecule has 0 aliphatic rings. The maximum Gasteiger partial charge on any atom is 0.321 e. The second-order valence-electron chi connectivity index (χ2n) is 3.80. The van der Waals surface area contributed by atoms with Crippen LogP contribution in [0.4, 0.5) is 0 Å². The Hall–Kier alpha value is -0.260. The molecule has 0 rings (SSSR count). The number of carbonyl (C=O) groups is 1. The maximum absolute atomic E-state index is 10.7. The SMILES string of the molecule is COCC(C)SC(C)(C)[C@H](N)C(=O)O. The van der Waals surface area contributed by atoms with Gasteiger partial charge in [0.25, 0.3) is 0 Å². The highest BCUT2D eigenvalue weighted by atomic mass is 32.2. The van der Waals surface area contributed by atoms with Crippen LogP contribution >= 0.6 is 11.8 Å². The monoisotopic (exact) mass is 221 g/mol. The molecule has 0 saturated carbocycles. The number of thioether (sulfide) groups is 1. The van der Waals surface area contributed by atoms with E-state index >= 15 is 0 Å². The van der Waals surface area contributed by atoms with Crippen molar-refractivity contribution < 1.29 is 14.6 Å². The molecule has 5 heteroatoms. The molecule has 0 aliphatic carbocycles. The molecule has 0 spiro atoms. The number of carboxylic acid groups (broad SMARTS) is 1. The average Bonchev–Trinajstić information content (AvgIpc) is 2.02. The van der Waals surface area contributed by atoms with Gasteiger partial charge in [0.1, 0.15) is 6.04 Å². The van der Waals surface area contributed by atoms with Gasteiger partial charge in [0.2, 0.25) is 0 Å². The number of nitrogens with two attached hydrogens (primary N) is 1. The van der Waals surface area contributed by atoms with Gasteiger partial charge in [0.05, 0.1) is 6.61 Å². The van der Waals surface area contributed by atoms with E-state index in [1.54, 1.807) is 7.11 Å². The van der Waals surface area contributed by atoms with E-state index in [1.807, 2.05) is 20.8 Å². The van der Waals surface area contributed by atoms with E-state index in [-0.39, 0.29) is 5.25 Å². The second-order valence-corrected chi connectivity index (χ2v) is 5.90. The lowest BCUT2D eigenvalue weighted by Crippen LogP contribution is -2.47. The van der Waals surface area contributed by atoms with E-state index in [1.165, 1.54) is 11.8 Å². The van der Waals surface area contributed by atoms with Crippen molar-refractivity contribution in [2.75, 3.05) is 13.7 Å². The minimum absolute atomic E-state index is 0.236. The van der Waals surface area contributed by atoms with Crippen molar-refractivity contribution in [2.24, 2.45) is 5.73 Å². The van der Waals surface area contributed by atoms with Crippen molar-refractivity contribution in [3.05, 3.63) is 0 Å². The number of hydrogen-bond acceptors (Lipinski definition) is 4. The van der Waals surface area contributed by atoms with Crippen molar-refractivity contribution in [1.82, 2.24) is 0 Å². The summed E-state index contributed by atoms with van der Waals surface area (Å²) in [6.45, 7) is 6.26. The summed E-state index contributed by atoms with van der Waals surface area (Å²) in [6, 6.07) is -0.855. The molecule has 0 radical (unpaired) electrons. The molecular formula is C9H19NO3S. The molecule has 0 aromatic rings. The zero-order valence-electron chi connectivity index (χ0n) is 9.11. The number of hydrogen-bond donors (Lipinski definition) is 2. The summed E-state index contributed by atoms with van der Waals surface area (Å²) in [6.07, 6.45) is 0. The maximum atomic E-state index is 10.7. The van der Waals surface area contributed by atoms with Gasteiger partial charge in [-0.05, 0) is 13.8 Å². The molecule has 0 aromatic carbocycles. The van der Waals surface area contributed by atoms with Gasteiger partial charge in [-0.15, -0.1) is 11.8 Å². The number of rotatable bonds is 6. The summed E-state index contributed by atoms with van der Waals surface area (Å²) in [4.78, 5) is 10.7. The molecule has 14 heavy (non-hydrogen) atoms. The van der Waals surface area contributed by atoms with Crippen LogP contribution in [0.25, 0.3) is 0 Å². The van der Waals surface area contributed by atoms with Gasteiger partial charge in [0.15, 0.2) is 0 Å². The zero-order valence-corrected chi connectivity index (χ0v) is 9.93. The fraction of sp³-hybridized carbons (Fsp3) is 0.889. The Kier molecular flexibility index (Phi) is 5.48. The molecule has 0 fully saturated rings. The molecular weight excluding hydrogens is 202 g/mol.